The van der Waals surface area contributed by atoms with Gasteiger partial charge in [-0.25, -0.2) is 13.1 Å². The van der Waals surface area contributed by atoms with Crippen LogP contribution in [0.4, 0.5) is 5.69 Å². The van der Waals surface area contributed by atoms with Crippen molar-refractivity contribution in [3.63, 3.8) is 0 Å². The lowest BCUT2D eigenvalue weighted by atomic mass is 10.2. The molecule has 20 heavy (non-hydrogen) atoms. The molecule has 8 heteroatoms. The van der Waals surface area contributed by atoms with Crippen LogP contribution in [0.15, 0.2) is 41.8 Å². The van der Waals surface area contributed by atoms with E-state index in [1.165, 1.54) is 18.5 Å². The van der Waals surface area contributed by atoms with E-state index in [1.54, 1.807) is 18.5 Å². The number of aryl methyl sites for hydroxylation is 1. The molecule has 0 saturated carbocycles. The summed E-state index contributed by atoms with van der Waals surface area (Å²) in [6.07, 6.45) is 6.01. The second-order valence-corrected chi connectivity index (χ2v) is 5.88. The van der Waals surface area contributed by atoms with E-state index in [1.807, 2.05) is 6.92 Å². The number of pyridine rings is 2. The Hall–Kier alpha value is -2.03. The Morgan fingerprint density at radius 2 is 1.90 bits per heavy atom. The Morgan fingerprint density at radius 3 is 2.60 bits per heavy atom. The molecule has 0 bridgehead atoms. The van der Waals surface area contributed by atoms with Gasteiger partial charge in [-0.2, -0.15) is 0 Å². The van der Waals surface area contributed by atoms with Crippen molar-refractivity contribution in [1.29, 1.82) is 0 Å². The van der Waals surface area contributed by atoms with E-state index < -0.39 is 10.0 Å². The molecule has 106 valence electrons. The molecule has 4 N–H and O–H groups in total. The molecule has 0 aromatic carbocycles. The maximum atomic E-state index is 12.2. The minimum absolute atomic E-state index is 0.00853. The molecule has 0 unspecified atom stereocenters. The number of nitrogens with two attached hydrogens (primary N) is 1. The first-order chi connectivity index (χ1) is 9.54. The Morgan fingerprint density at radius 1 is 1.20 bits per heavy atom. The summed E-state index contributed by atoms with van der Waals surface area (Å²) in [5.41, 5.74) is 4.40. The number of rotatable bonds is 5. The van der Waals surface area contributed by atoms with Gasteiger partial charge in [-0.1, -0.05) is 0 Å². The highest BCUT2D eigenvalue weighted by Crippen LogP contribution is 2.18. The van der Waals surface area contributed by atoms with Crippen LogP contribution in [0, 0.1) is 6.92 Å². The molecule has 0 saturated heterocycles. The molecule has 0 aliphatic carbocycles. The summed E-state index contributed by atoms with van der Waals surface area (Å²) in [4.78, 5) is 7.78. The predicted octanol–water partition coefficient (Wildman–Crippen LogP) is 0.549. The van der Waals surface area contributed by atoms with Gasteiger partial charge < -0.3 is 5.43 Å². The average molecular weight is 293 g/mol. The standard InChI is InChI=1S/C12H15N5O2S/c1-9-6-14-4-2-10(9)7-16-20(18,19)12-8-15-5-3-11(12)17-13/h2-6,8,16H,7,13H2,1H3,(H,15,17). The van der Waals surface area contributed by atoms with Crippen LogP contribution in [-0.4, -0.2) is 18.4 Å². The second kappa shape index (κ2) is 5.95. The zero-order chi connectivity index (χ0) is 14.6. The van der Waals surface area contributed by atoms with Gasteiger partial charge in [0.05, 0.1) is 5.69 Å². The first-order valence-electron chi connectivity index (χ1n) is 5.84. The van der Waals surface area contributed by atoms with E-state index in [-0.39, 0.29) is 11.4 Å². The van der Waals surface area contributed by atoms with Crippen LogP contribution in [0.25, 0.3) is 0 Å². The summed E-state index contributed by atoms with van der Waals surface area (Å²) in [5.74, 6) is 5.30. The van der Waals surface area contributed by atoms with Gasteiger partial charge in [-0.3, -0.25) is 15.8 Å². The Kier molecular flexibility index (Phi) is 4.28. The number of hydrogen-bond acceptors (Lipinski definition) is 6. The third-order valence-electron chi connectivity index (χ3n) is 2.82. The van der Waals surface area contributed by atoms with Gasteiger partial charge in [0, 0.05) is 31.3 Å². The van der Waals surface area contributed by atoms with E-state index in [0.717, 1.165) is 11.1 Å². The largest absolute Gasteiger partial charge is 0.323 e. The Labute approximate surface area is 117 Å². The fraction of sp³-hybridized carbons (Fsp3) is 0.167. The summed E-state index contributed by atoms with van der Waals surface area (Å²) < 4.78 is 27.0. The molecule has 0 fully saturated rings. The van der Waals surface area contributed by atoms with Crippen LogP contribution < -0.4 is 16.0 Å². The number of nitrogens with one attached hydrogen (secondary N) is 2. The topological polar surface area (TPSA) is 110 Å². The lowest BCUT2D eigenvalue weighted by Crippen LogP contribution is -2.25. The number of sulfonamides is 1. The summed E-state index contributed by atoms with van der Waals surface area (Å²) >= 11 is 0. The van der Waals surface area contributed by atoms with Crippen molar-refractivity contribution in [1.82, 2.24) is 14.7 Å². The minimum Gasteiger partial charge on any atom is -0.323 e. The number of hydrazine groups is 1. The van der Waals surface area contributed by atoms with E-state index in [0.29, 0.717) is 5.69 Å². The molecule has 2 aromatic rings. The van der Waals surface area contributed by atoms with Crippen molar-refractivity contribution in [2.45, 2.75) is 18.4 Å². The Bertz CT molecular complexity index is 702. The smallest absolute Gasteiger partial charge is 0.244 e. The molecule has 7 nitrogen and oxygen atoms in total. The van der Waals surface area contributed by atoms with Crippen LogP contribution in [0.1, 0.15) is 11.1 Å². The summed E-state index contributed by atoms with van der Waals surface area (Å²) in [7, 11) is -3.69. The van der Waals surface area contributed by atoms with E-state index in [4.69, 9.17) is 5.84 Å². The van der Waals surface area contributed by atoms with Gasteiger partial charge in [0.15, 0.2) is 0 Å². The molecule has 0 atom stereocenters. The zero-order valence-electron chi connectivity index (χ0n) is 10.9. The molecule has 2 aromatic heterocycles. The number of hydrogen-bond donors (Lipinski definition) is 3. The SMILES string of the molecule is Cc1cnccc1CNS(=O)(=O)c1cnccc1NN. The molecule has 0 spiro atoms. The van der Waals surface area contributed by atoms with Crippen molar-refractivity contribution in [3.8, 4) is 0 Å². The fourth-order valence-corrected chi connectivity index (χ4v) is 2.78. The third kappa shape index (κ3) is 3.10. The van der Waals surface area contributed by atoms with Gasteiger partial charge in [0.1, 0.15) is 4.90 Å². The molecular weight excluding hydrogens is 278 g/mol. The van der Waals surface area contributed by atoms with Crippen LogP contribution in [0.2, 0.25) is 0 Å². The molecule has 2 rings (SSSR count). The molecule has 0 amide bonds. The minimum atomic E-state index is -3.69. The van der Waals surface area contributed by atoms with E-state index >= 15 is 0 Å². The molecule has 0 aliphatic heterocycles. The normalized spacial score (nSPS) is 11.3. The molecular formula is C12H15N5O2S. The van der Waals surface area contributed by atoms with Crippen LogP contribution in [0.5, 0.6) is 0 Å². The fourth-order valence-electron chi connectivity index (χ4n) is 1.66. The summed E-state index contributed by atoms with van der Waals surface area (Å²) in [6.45, 7) is 2.04. The lowest BCUT2D eigenvalue weighted by molar-refractivity contribution is 0.581. The number of nitrogen functional groups attached to an aromatic ring is 1. The van der Waals surface area contributed by atoms with Crippen molar-refractivity contribution in [3.05, 3.63) is 48.0 Å². The van der Waals surface area contributed by atoms with Gasteiger partial charge in [0.2, 0.25) is 10.0 Å². The van der Waals surface area contributed by atoms with E-state index in [2.05, 4.69) is 20.1 Å². The average Bonchev–Trinajstić information content (AvgIpc) is 2.46. The zero-order valence-corrected chi connectivity index (χ0v) is 11.7. The van der Waals surface area contributed by atoms with Gasteiger partial charge in [-0.15, -0.1) is 0 Å². The first kappa shape index (κ1) is 14.4. The van der Waals surface area contributed by atoms with Crippen LogP contribution in [0.3, 0.4) is 0 Å². The summed E-state index contributed by atoms with van der Waals surface area (Å²) in [5, 5.41) is 0. The molecule has 0 aliphatic rings. The number of nitrogens with zero attached hydrogens (tertiary/aromatic N) is 2. The maximum absolute atomic E-state index is 12.2. The van der Waals surface area contributed by atoms with Gasteiger partial charge in [-0.05, 0) is 30.2 Å². The van der Waals surface area contributed by atoms with Crippen LogP contribution >= 0.6 is 0 Å². The quantitative estimate of drug-likeness (QED) is 0.548. The van der Waals surface area contributed by atoms with Crippen molar-refractivity contribution in [2.75, 3.05) is 5.43 Å². The number of anilines is 1. The highest BCUT2D eigenvalue weighted by atomic mass is 32.2. The highest BCUT2D eigenvalue weighted by Gasteiger charge is 2.18. The maximum Gasteiger partial charge on any atom is 0.244 e. The molecule has 2 heterocycles. The second-order valence-electron chi connectivity index (χ2n) is 4.14. The molecule has 0 radical (unpaired) electrons. The van der Waals surface area contributed by atoms with Crippen molar-refractivity contribution in [2.24, 2.45) is 5.84 Å². The van der Waals surface area contributed by atoms with E-state index in [9.17, 15) is 8.42 Å². The van der Waals surface area contributed by atoms with Crippen molar-refractivity contribution >= 4 is 15.7 Å². The number of aromatic nitrogens is 2. The van der Waals surface area contributed by atoms with Gasteiger partial charge >= 0.3 is 0 Å². The highest BCUT2D eigenvalue weighted by molar-refractivity contribution is 7.89. The predicted molar refractivity (Wildman–Crippen MR) is 75.0 cm³/mol. The summed E-state index contributed by atoms with van der Waals surface area (Å²) in [6, 6.07) is 3.26. The monoisotopic (exact) mass is 293 g/mol. The van der Waals surface area contributed by atoms with Crippen molar-refractivity contribution < 1.29 is 8.42 Å². The van der Waals surface area contributed by atoms with Gasteiger partial charge in [0.25, 0.3) is 0 Å². The van der Waals surface area contributed by atoms with Crippen LogP contribution in [-0.2, 0) is 16.6 Å². The lowest BCUT2D eigenvalue weighted by Gasteiger charge is -2.11. The Balaban J connectivity index is 2.22. The first-order valence-corrected chi connectivity index (χ1v) is 7.32. The third-order valence-corrected chi connectivity index (χ3v) is 4.25.